The summed E-state index contributed by atoms with van der Waals surface area (Å²) >= 11 is 7.30. The number of hydrogen-bond acceptors (Lipinski definition) is 6. The van der Waals surface area contributed by atoms with Gasteiger partial charge in [-0.2, -0.15) is 0 Å². The minimum Gasteiger partial charge on any atom is -0.335 e. The molecule has 1 aliphatic rings. The van der Waals surface area contributed by atoms with Gasteiger partial charge in [0.2, 0.25) is 5.91 Å². The Morgan fingerprint density at radius 3 is 2.45 bits per heavy atom. The quantitative estimate of drug-likeness (QED) is 0.495. The Labute approximate surface area is 201 Å². The van der Waals surface area contributed by atoms with Crippen LogP contribution in [0.1, 0.15) is 39.0 Å². The third-order valence-corrected chi connectivity index (χ3v) is 6.78. The highest BCUT2D eigenvalue weighted by Gasteiger charge is 2.24. The van der Waals surface area contributed by atoms with Crippen LogP contribution in [0.2, 0.25) is 5.02 Å². The number of urea groups is 1. The van der Waals surface area contributed by atoms with Crippen LogP contribution in [0.4, 0.5) is 4.79 Å². The lowest BCUT2D eigenvalue weighted by atomic mass is 9.96. The van der Waals surface area contributed by atoms with Gasteiger partial charge in [-0.05, 0) is 56.2 Å². The first-order chi connectivity index (χ1) is 16.0. The number of thioether (sulfide) groups is 1. The van der Waals surface area contributed by atoms with Crippen molar-refractivity contribution in [3.8, 4) is 17.1 Å². The predicted octanol–water partition coefficient (Wildman–Crippen LogP) is 4.62. The highest BCUT2D eigenvalue weighted by molar-refractivity contribution is 8.00. The fraction of sp³-hybridized carbons (Fsp3) is 0.348. The van der Waals surface area contributed by atoms with E-state index in [0.29, 0.717) is 16.0 Å². The molecule has 0 unspecified atom stereocenters. The summed E-state index contributed by atoms with van der Waals surface area (Å²) in [6, 6.07) is 10.7. The molecule has 2 aromatic heterocycles. The summed E-state index contributed by atoms with van der Waals surface area (Å²) in [5.74, 6) is 0.231. The van der Waals surface area contributed by atoms with Crippen molar-refractivity contribution in [2.24, 2.45) is 0 Å². The maximum atomic E-state index is 12.7. The molecule has 3 amide bonds. The highest BCUT2D eigenvalue weighted by atomic mass is 35.5. The summed E-state index contributed by atoms with van der Waals surface area (Å²) in [5.41, 5.74) is 1.64. The second kappa shape index (κ2) is 10.8. The maximum absolute atomic E-state index is 12.7. The van der Waals surface area contributed by atoms with Crippen molar-refractivity contribution in [2.45, 2.75) is 55.5 Å². The van der Waals surface area contributed by atoms with E-state index in [1.54, 1.807) is 31.5 Å². The van der Waals surface area contributed by atoms with Crippen LogP contribution in [-0.2, 0) is 4.79 Å². The van der Waals surface area contributed by atoms with Crippen LogP contribution >= 0.6 is 23.4 Å². The molecule has 0 saturated heterocycles. The van der Waals surface area contributed by atoms with Gasteiger partial charge in [-0.3, -0.25) is 19.7 Å². The summed E-state index contributed by atoms with van der Waals surface area (Å²) < 4.78 is 1.86. The Bertz CT molecular complexity index is 1100. The number of rotatable bonds is 6. The molecule has 0 spiro atoms. The predicted molar refractivity (Wildman–Crippen MR) is 128 cm³/mol. The van der Waals surface area contributed by atoms with Crippen molar-refractivity contribution in [1.82, 2.24) is 30.4 Å². The Hall–Kier alpha value is -2.91. The zero-order valence-electron chi connectivity index (χ0n) is 18.2. The van der Waals surface area contributed by atoms with Crippen LogP contribution < -0.4 is 10.6 Å². The number of nitrogens with zero attached hydrogens (tertiary/aromatic N) is 4. The van der Waals surface area contributed by atoms with E-state index in [9.17, 15) is 9.59 Å². The Morgan fingerprint density at radius 2 is 1.76 bits per heavy atom. The first-order valence-electron chi connectivity index (χ1n) is 10.9. The van der Waals surface area contributed by atoms with Crippen LogP contribution in [0.25, 0.3) is 17.1 Å². The highest BCUT2D eigenvalue weighted by Crippen LogP contribution is 2.30. The molecule has 4 rings (SSSR count). The van der Waals surface area contributed by atoms with Gasteiger partial charge >= 0.3 is 6.03 Å². The van der Waals surface area contributed by atoms with Crippen LogP contribution in [0.3, 0.4) is 0 Å². The van der Waals surface area contributed by atoms with E-state index in [1.807, 2.05) is 28.8 Å². The van der Waals surface area contributed by atoms with Crippen molar-refractivity contribution in [1.29, 1.82) is 0 Å². The van der Waals surface area contributed by atoms with E-state index >= 15 is 0 Å². The first kappa shape index (κ1) is 23.3. The summed E-state index contributed by atoms with van der Waals surface area (Å²) in [7, 11) is 0. The Morgan fingerprint density at radius 1 is 1.06 bits per heavy atom. The lowest BCUT2D eigenvalue weighted by molar-refractivity contribution is -0.119. The number of pyridine rings is 1. The third kappa shape index (κ3) is 5.91. The maximum Gasteiger partial charge on any atom is 0.321 e. The molecule has 2 N–H and O–H groups in total. The lowest BCUT2D eigenvalue weighted by Crippen LogP contribution is -2.47. The molecule has 2 heterocycles. The average molecular weight is 485 g/mol. The molecule has 33 heavy (non-hydrogen) atoms. The normalized spacial score (nSPS) is 15.1. The minimum absolute atomic E-state index is 0.130. The molecule has 1 aliphatic carbocycles. The number of carbonyl (C=O) groups excluding carboxylic acids is 2. The van der Waals surface area contributed by atoms with Crippen LogP contribution in [-0.4, -0.2) is 43.0 Å². The van der Waals surface area contributed by atoms with Gasteiger partial charge in [0.25, 0.3) is 0 Å². The second-order valence-corrected chi connectivity index (χ2v) is 9.66. The number of carbonyl (C=O) groups is 2. The molecule has 1 atom stereocenters. The molecular weight excluding hydrogens is 460 g/mol. The van der Waals surface area contributed by atoms with Crippen molar-refractivity contribution >= 4 is 35.3 Å². The van der Waals surface area contributed by atoms with Gasteiger partial charge in [-0.25, -0.2) is 4.79 Å². The van der Waals surface area contributed by atoms with E-state index in [-0.39, 0.29) is 11.9 Å². The number of benzene rings is 1. The van der Waals surface area contributed by atoms with Gasteiger partial charge in [-0.15, -0.1) is 10.2 Å². The zero-order chi connectivity index (χ0) is 23.2. The topological polar surface area (TPSA) is 102 Å². The van der Waals surface area contributed by atoms with Gasteiger partial charge in [-0.1, -0.05) is 42.6 Å². The van der Waals surface area contributed by atoms with Crippen molar-refractivity contribution < 1.29 is 9.59 Å². The monoisotopic (exact) mass is 484 g/mol. The van der Waals surface area contributed by atoms with E-state index in [2.05, 4.69) is 25.8 Å². The summed E-state index contributed by atoms with van der Waals surface area (Å²) in [5, 5.41) is 14.6. The van der Waals surface area contributed by atoms with E-state index < -0.39 is 11.3 Å². The molecule has 0 radical (unpaired) electrons. The van der Waals surface area contributed by atoms with E-state index in [4.69, 9.17) is 11.6 Å². The number of aromatic nitrogens is 4. The number of halogens is 1. The Kier molecular flexibility index (Phi) is 7.61. The summed E-state index contributed by atoms with van der Waals surface area (Å²) in [6.45, 7) is 1.74. The molecule has 0 bridgehead atoms. The Balaban J connectivity index is 1.51. The lowest BCUT2D eigenvalue weighted by Gasteiger charge is -2.23. The largest absolute Gasteiger partial charge is 0.335 e. The van der Waals surface area contributed by atoms with Crippen LogP contribution in [0.15, 0.2) is 53.9 Å². The van der Waals surface area contributed by atoms with Gasteiger partial charge in [0.1, 0.15) is 0 Å². The molecule has 3 aromatic rings. The first-order valence-corrected chi connectivity index (χ1v) is 12.2. The summed E-state index contributed by atoms with van der Waals surface area (Å²) in [6.07, 6.45) is 8.68. The number of hydrogen-bond donors (Lipinski definition) is 2. The number of amides is 3. The molecule has 0 aliphatic heterocycles. The smallest absolute Gasteiger partial charge is 0.321 e. The van der Waals surface area contributed by atoms with Gasteiger partial charge < -0.3 is 5.32 Å². The molecule has 172 valence electrons. The van der Waals surface area contributed by atoms with Crippen LogP contribution in [0.5, 0.6) is 0 Å². The molecular formula is C23H25ClN6O2S. The van der Waals surface area contributed by atoms with Crippen molar-refractivity contribution in [3.63, 3.8) is 0 Å². The van der Waals surface area contributed by atoms with E-state index in [0.717, 1.165) is 36.9 Å². The number of imide groups is 1. The van der Waals surface area contributed by atoms with Gasteiger partial charge in [0.05, 0.1) is 5.25 Å². The zero-order valence-corrected chi connectivity index (χ0v) is 19.8. The molecule has 1 fully saturated rings. The third-order valence-electron chi connectivity index (χ3n) is 5.49. The fourth-order valence-corrected chi connectivity index (χ4v) is 4.74. The van der Waals surface area contributed by atoms with Gasteiger partial charge in [0.15, 0.2) is 11.0 Å². The van der Waals surface area contributed by atoms with Crippen molar-refractivity contribution in [3.05, 3.63) is 53.8 Å². The SMILES string of the molecule is C[C@@H](Sc1nnc(-c2ccncc2)n1-c1ccc(Cl)cc1)C(=O)NC(=O)NC1CCCCC1. The molecule has 1 saturated carbocycles. The number of nitrogens with one attached hydrogen (secondary N) is 2. The van der Waals surface area contributed by atoms with Crippen molar-refractivity contribution in [2.75, 3.05) is 0 Å². The summed E-state index contributed by atoms with van der Waals surface area (Å²) in [4.78, 5) is 29.0. The average Bonchev–Trinajstić information content (AvgIpc) is 3.24. The molecule has 1 aromatic carbocycles. The molecule has 8 nitrogen and oxygen atoms in total. The van der Waals surface area contributed by atoms with Gasteiger partial charge in [0, 0.05) is 34.7 Å². The second-order valence-electron chi connectivity index (χ2n) is 7.91. The van der Waals surface area contributed by atoms with Crippen LogP contribution in [0, 0.1) is 0 Å². The molecule has 10 heteroatoms. The minimum atomic E-state index is -0.567. The van der Waals surface area contributed by atoms with E-state index in [1.165, 1.54) is 18.2 Å². The standard InChI is InChI=1S/C23H25ClN6O2S/c1-15(21(31)27-22(32)26-18-5-3-2-4-6-18)33-23-29-28-20(16-11-13-25-14-12-16)30(23)19-9-7-17(24)8-10-19/h7-15,18H,2-6H2,1H3,(H2,26,27,31,32)/t15-/m1/s1. The fourth-order valence-electron chi connectivity index (χ4n) is 3.75.